The summed E-state index contributed by atoms with van der Waals surface area (Å²) in [5.41, 5.74) is 7.78. The van der Waals surface area contributed by atoms with E-state index < -0.39 is 5.60 Å². The van der Waals surface area contributed by atoms with Gasteiger partial charge in [-0.2, -0.15) is 0 Å². The van der Waals surface area contributed by atoms with E-state index in [1.807, 2.05) is 12.1 Å². The second-order valence-electron chi connectivity index (χ2n) is 8.48. The Bertz CT molecular complexity index is 735. The Morgan fingerprint density at radius 3 is 2.37 bits per heavy atom. The van der Waals surface area contributed by atoms with Gasteiger partial charge in [-0.3, -0.25) is 4.99 Å². The van der Waals surface area contributed by atoms with Crippen molar-refractivity contribution in [3.63, 3.8) is 0 Å². The highest BCUT2D eigenvalue weighted by molar-refractivity contribution is 5.40. The molecule has 0 spiro atoms. The number of hydrogen-bond acceptors (Lipinski definition) is 3. The fourth-order valence-electron chi connectivity index (χ4n) is 3.66. The third kappa shape index (κ3) is 5.14. The minimum Gasteiger partial charge on any atom is -0.386 e. The van der Waals surface area contributed by atoms with Gasteiger partial charge in [-0.25, -0.2) is 4.39 Å². The van der Waals surface area contributed by atoms with E-state index in [1.165, 1.54) is 18.4 Å². The number of nitrogens with two attached hydrogens (primary N) is 1. The number of hydrogen-bond donors (Lipinski definition) is 2. The van der Waals surface area contributed by atoms with Crippen LogP contribution < -0.4 is 5.73 Å². The van der Waals surface area contributed by atoms with Gasteiger partial charge in [-0.1, -0.05) is 24.3 Å². The van der Waals surface area contributed by atoms with Crippen LogP contribution in [0, 0.1) is 11.8 Å². The normalized spacial score (nSPS) is 20.3. The molecule has 2 fully saturated rings. The van der Waals surface area contributed by atoms with E-state index in [0.29, 0.717) is 24.1 Å². The van der Waals surface area contributed by atoms with E-state index >= 15 is 4.39 Å². The Balaban J connectivity index is 1.87. The molecule has 1 aromatic carbocycles. The van der Waals surface area contributed by atoms with Gasteiger partial charge in [0.05, 0.1) is 5.60 Å². The number of aliphatic imine (C=N–C) groups is 1. The molecule has 0 heterocycles. The van der Waals surface area contributed by atoms with Gasteiger partial charge in [0.15, 0.2) is 0 Å². The molecule has 0 bridgehead atoms. The lowest BCUT2D eigenvalue weighted by atomic mass is 9.90. The topological polar surface area (TPSA) is 58.6 Å². The fraction of sp³-hybridized carbons (Fsp3) is 0.522. The highest BCUT2D eigenvalue weighted by atomic mass is 19.1. The first-order valence-electron chi connectivity index (χ1n) is 9.92. The standard InChI is InChI=1S/C23H31FN2O/c1-23(2,27)20(13-22(26-3)19(14-25)18-10-11-18)21(24)12-15-4-6-16(7-5-15)17-8-9-17/h4-7,13,17-19,27H,3,8-12,14,25H2,1-2H3/b21-20-,22-13-. The van der Waals surface area contributed by atoms with Crippen LogP contribution in [0.5, 0.6) is 0 Å². The molecule has 2 aliphatic carbocycles. The van der Waals surface area contributed by atoms with Gasteiger partial charge in [0.1, 0.15) is 5.83 Å². The predicted molar refractivity (Wildman–Crippen MR) is 109 cm³/mol. The van der Waals surface area contributed by atoms with E-state index in [-0.39, 0.29) is 23.7 Å². The third-order valence-corrected chi connectivity index (χ3v) is 5.64. The summed E-state index contributed by atoms with van der Waals surface area (Å²) in [5.74, 6) is 0.916. The van der Waals surface area contributed by atoms with Crippen molar-refractivity contribution in [2.24, 2.45) is 22.6 Å². The van der Waals surface area contributed by atoms with E-state index in [1.54, 1.807) is 19.9 Å². The van der Waals surface area contributed by atoms with Crippen LogP contribution in [0.4, 0.5) is 4.39 Å². The van der Waals surface area contributed by atoms with Crippen LogP contribution in [0.15, 0.2) is 52.4 Å². The van der Waals surface area contributed by atoms with Crippen molar-refractivity contribution in [3.8, 4) is 0 Å². The smallest absolute Gasteiger partial charge is 0.110 e. The third-order valence-electron chi connectivity index (χ3n) is 5.64. The molecule has 2 saturated carbocycles. The van der Waals surface area contributed by atoms with Crippen LogP contribution in [0.25, 0.3) is 0 Å². The maximum absolute atomic E-state index is 15.2. The highest BCUT2D eigenvalue weighted by Crippen LogP contribution is 2.41. The van der Waals surface area contributed by atoms with Crippen molar-refractivity contribution in [2.45, 2.75) is 57.5 Å². The summed E-state index contributed by atoms with van der Waals surface area (Å²) >= 11 is 0. The molecule has 1 atom stereocenters. The Morgan fingerprint density at radius 1 is 1.30 bits per heavy atom. The van der Waals surface area contributed by atoms with Gasteiger partial charge >= 0.3 is 0 Å². The van der Waals surface area contributed by atoms with Crippen LogP contribution in [0.2, 0.25) is 0 Å². The van der Waals surface area contributed by atoms with Gasteiger partial charge in [0, 0.05) is 30.2 Å². The van der Waals surface area contributed by atoms with Crippen molar-refractivity contribution < 1.29 is 9.50 Å². The molecule has 146 valence electrons. The fourth-order valence-corrected chi connectivity index (χ4v) is 3.66. The lowest BCUT2D eigenvalue weighted by molar-refractivity contribution is 0.120. The van der Waals surface area contributed by atoms with Crippen molar-refractivity contribution in [3.05, 3.63) is 58.6 Å². The predicted octanol–water partition coefficient (Wildman–Crippen LogP) is 4.67. The minimum absolute atomic E-state index is 0.0745. The Labute approximate surface area is 161 Å². The Hall–Kier alpha value is -1.78. The first-order chi connectivity index (χ1) is 12.8. The number of aliphatic hydroxyl groups is 1. The molecule has 0 saturated heterocycles. The number of nitrogens with zero attached hydrogens (tertiary/aromatic N) is 1. The van der Waals surface area contributed by atoms with Gasteiger partial charge < -0.3 is 10.8 Å². The van der Waals surface area contributed by atoms with Gasteiger partial charge in [0.25, 0.3) is 0 Å². The van der Waals surface area contributed by atoms with Crippen LogP contribution in [-0.4, -0.2) is 24.0 Å². The lowest BCUT2D eigenvalue weighted by Crippen LogP contribution is -2.24. The van der Waals surface area contributed by atoms with E-state index in [9.17, 15) is 5.11 Å². The van der Waals surface area contributed by atoms with Crippen LogP contribution >= 0.6 is 0 Å². The summed E-state index contributed by atoms with van der Waals surface area (Å²) in [6.07, 6.45) is 6.56. The quantitative estimate of drug-likeness (QED) is 0.490. The molecule has 27 heavy (non-hydrogen) atoms. The monoisotopic (exact) mass is 370 g/mol. The summed E-state index contributed by atoms with van der Waals surface area (Å²) in [5, 5.41) is 10.6. The van der Waals surface area contributed by atoms with Crippen LogP contribution in [0.1, 0.15) is 56.6 Å². The van der Waals surface area contributed by atoms with E-state index in [2.05, 4.69) is 23.8 Å². The molecule has 1 unspecified atom stereocenters. The van der Waals surface area contributed by atoms with Gasteiger partial charge in [-0.15, -0.1) is 0 Å². The first kappa shape index (κ1) is 20.0. The summed E-state index contributed by atoms with van der Waals surface area (Å²) in [6.45, 7) is 7.31. The van der Waals surface area contributed by atoms with Crippen LogP contribution in [-0.2, 0) is 6.42 Å². The molecule has 0 aromatic heterocycles. The van der Waals surface area contributed by atoms with Crippen molar-refractivity contribution in [2.75, 3.05) is 6.54 Å². The van der Waals surface area contributed by atoms with E-state index in [4.69, 9.17) is 5.73 Å². The molecular formula is C23H31FN2O. The maximum atomic E-state index is 15.2. The lowest BCUT2D eigenvalue weighted by Gasteiger charge is -2.23. The highest BCUT2D eigenvalue weighted by Gasteiger charge is 2.33. The van der Waals surface area contributed by atoms with Crippen molar-refractivity contribution in [1.29, 1.82) is 0 Å². The zero-order valence-electron chi connectivity index (χ0n) is 16.4. The van der Waals surface area contributed by atoms with Gasteiger partial charge in [0.2, 0.25) is 0 Å². The Morgan fingerprint density at radius 2 is 1.93 bits per heavy atom. The summed E-state index contributed by atoms with van der Waals surface area (Å²) < 4.78 is 15.2. The van der Waals surface area contributed by atoms with Crippen molar-refractivity contribution in [1.82, 2.24) is 0 Å². The molecule has 3 nitrogen and oxygen atoms in total. The SMILES string of the molecule is C=N/C(=C\C(=C(\F)Cc1ccc(C2CC2)cc1)C(C)(C)O)C(CN)C1CC1. The molecule has 3 rings (SSSR count). The minimum atomic E-state index is -1.31. The number of benzene rings is 1. The average Bonchev–Trinajstić information content (AvgIpc) is 3.50. The largest absolute Gasteiger partial charge is 0.386 e. The molecule has 3 N–H and O–H groups in total. The molecule has 1 aromatic rings. The second kappa shape index (κ2) is 8.07. The summed E-state index contributed by atoms with van der Waals surface area (Å²) in [4.78, 5) is 4.12. The zero-order chi connectivity index (χ0) is 19.6. The first-order valence-corrected chi connectivity index (χ1v) is 9.92. The molecule has 2 aliphatic rings. The molecular weight excluding hydrogens is 339 g/mol. The second-order valence-corrected chi connectivity index (χ2v) is 8.48. The molecule has 0 amide bonds. The Kier molecular flexibility index (Phi) is 5.97. The van der Waals surface area contributed by atoms with E-state index in [0.717, 1.165) is 18.4 Å². The number of rotatable bonds is 9. The van der Waals surface area contributed by atoms with Crippen molar-refractivity contribution >= 4 is 6.72 Å². The number of allylic oxidation sites excluding steroid dienone is 1. The maximum Gasteiger partial charge on any atom is 0.110 e. The molecule has 4 heteroatoms. The summed E-state index contributed by atoms with van der Waals surface area (Å²) in [7, 11) is 0. The average molecular weight is 371 g/mol. The van der Waals surface area contributed by atoms with Crippen LogP contribution in [0.3, 0.4) is 0 Å². The van der Waals surface area contributed by atoms with Gasteiger partial charge in [-0.05, 0) is 75.3 Å². The molecule has 0 aliphatic heterocycles. The summed E-state index contributed by atoms with van der Waals surface area (Å²) in [6, 6.07) is 8.15. The zero-order valence-corrected chi connectivity index (χ0v) is 16.4. The molecule has 0 radical (unpaired) electrons. The number of halogens is 1.